The largest absolute Gasteiger partial charge is 0.354 e. The Morgan fingerprint density at radius 1 is 1.17 bits per heavy atom. The number of pyridine rings is 1. The SMILES string of the molecule is O=C(NCCn1nc(-c2ccc(F)cc2)cc1-c1cccnc1)[C@@H]1CC=CCC1. The quantitative estimate of drug-likeness (QED) is 0.641. The zero-order valence-electron chi connectivity index (χ0n) is 16.1. The number of hydrogen-bond acceptors (Lipinski definition) is 3. The third-order valence-corrected chi connectivity index (χ3v) is 5.14. The highest BCUT2D eigenvalue weighted by molar-refractivity contribution is 5.79. The average molecular weight is 390 g/mol. The Morgan fingerprint density at radius 3 is 2.76 bits per heavy atom. The summed E-state index contributed by atoms with van der Waals surface area (Å²) in [6.07, 6.45) is 10.4. The number of nitrogens with zero attached hydrogens (tertiary/aromatic N) is 3. The molecule has 0 fully saturated rings. The first-order chi connectivity index (χ1) is 14.2. The molecule has 4 rings (SSSR count). The van der Waals surface area contributed by atoms with Crippen LogP contribution in [-0.2, 0) is 11.3 Å². The summed E-state index contributed by atoms with van der Waals surface area (Å²) >= 11 is 0. The number of allylic oxidation sites excluding steroid dienone is 2. The Kier molecular flexibility index (Phi) is 5.79. The van der Waals surface area contributed by atoms with E-state index < -0.39 is 0 Å². The van der Waals surface area contributed by atoms with E-state index in [1.807, 2.05) is 22.9 Å². The number of aromatic nitrogens is 3. The molecule has 1 aliphatic carbocycles. The van der Waals surface area contributed by atoms with Crippen molar-refractivity contribution in [3.8, 4) is 22.5 Å². The van der Waals surface area contributed by atoms with Crippen LogP contribution in [0.15, 0.2) is 67.0 Å². The fraction of sp³-hybridized carbons (Fsp3) is 0.261. The van der Waals surface area contributed by atoms with Gasteiger partial charge < -0.3 is 5.32 Å². The van der Waals surface area contributed by atoms with Gasteiger partial charge in [0.25, 0.3) is 0 Å². The number of carbonyl (C=O) groups excluding carboxylic acids is 1. The van der Waals surface area contributed by atoms with Crippen LogP contribution in [-0.4, -0.2) is 27.2 Å². The molecular formula is C23H23FN4O. The van der Waals surface area contributed by atoms with Gasteiger partial charge >= 0.3 is 0 Å². The van der Waals surface area contributed by atoms with Crippen molar-refractivity contribution in [2.24, 2.45) is 5.92 Å². The van der Waals surface area contributed by atoms with E-state index in [1.54, 1.807) is 24.5 Å². The standard InChI is InChI=1S/C23H23FN4O/c24-20-10-8-17(9-11-20)21-15-22(19-7-4-12-25-16-19)28(27-21)14-13-26-23(29)18-5-2-1-3-6-18/h1-2,4,7-12,15-16,18H,3,5-6,13-14H2,(H,26,29)/t18-/m1/s1. The highest BCUT2D eigenvalue weighted by Crippen LogP contribution is 2.26. The van der Waals surface area contributed by atoms with Gasteiger partial charge in [0.15, 0.2) is 0 Å². The highest BCUT2D eigenvalue weighted by atomic mass is 19.1. The van der Waals surface area contributed by atoms with E-state index in [9.17, 15) is 9.18 Å². The van der Waals surface area contributed by atoms with Crippen molar-refractivity contribution < 1.29 is 9.18 Å². The minimum atomic E-state index is -0.277. The number of halogens is 1. The second kappa shape index (κ2) is 8.82. The summed E-state index contributed by atoms with van der Waals surface area (Å²) in [6.45, 7) is 1.04. The van der Waals surface area contributed by atoms with Crippen LogP contribution in [0.4, 0.5) is 4.39 Å². The van der Waals surface area contributed by atoms with E-state index in [0.29, 0.717) is 13.1 Å². The molecule has 0 aliphatic heterocycles. The molecule has 5 nitrogen and oxygen atoms in total. The lowest BCUT2D eigenvalue weighted by molar-refractivity contribution is -0.125. The van der Waals surface area contributed by atoms with Crippen LogP contribution < -0.4 is 5.32 Å². The number of amides is 1. The number of rotatable bonds is 6. The molecule has 1 aromatic carbocycles. The lowest BCUT2D eigenvalue weighted by Crippen LogP contribution is -2.33. The maximum absolute atomic E-state index is 13.3. The van der Waals surface area contributed by atoms with E-state index >= 15 is 0 Å². The molecule has 0 bridgehead atoms. The van der Waals surface area contributed by atoms with Gasteiger partial charge in [-0.2, -0.15) is 5.10 Å². The normalized spacial score (nSPS) is 16.0. The number of hydrogen-bond donors (Lipinski definition) is 1. The first-order valence-electron chi connectivity index (χ1n) is 9.87. The maximum Gasteiger partial charge on any atom is 0.223 e. The highest BCUT2D eigenvalue weighted by Gasteiger charge is 2.18. The molecule has 1 amide bonds. The lowest BCUT2D eigenvalue weighted by atomic mass is 9.94. The molecule has 0 saturated heterocycles. The third kappa shape index (κ3) is 4.59. The van der Waals surface area contributed by atoms with Crippen molar-refractivity contribution in [2.75, 3.05) is 6.54 Å². The summed E-state index contributed by atoms with van der Waals surface area (Å²) in [5, 5.41) is 7.74. The van der Waals surface area contributed by atoms with Crippen molar-refractivity contribution in [3.05, 3.63) is 72.8 Å². The van der Waals surface area contributed by atoms with Crippen LogP contribution in [0.2, 0.25) is 0 Å². The Balaban J connectivity index is 1.52. The molecule has 1 N–H and O–H groups in total. The van der Waals surface area contributed by atoms with Gasteiger partial charge in [0.1, 0.15) is 5.82 Å². The zero-order valence-corrected chi connectivity index (χ0v) is 16.1. The number of nitrogens with one attached hydrogen (secondary N) is 1. The molecule has 6 heteroatoms. The minimum absolute atomic E-state index is 0.0604. The van der Waals surface area contributed by atoms with Gasteiger partial charge in [0.2, 0.25) is 5.91 Å². The Bertz CT molecular complexity index is 995. The molecule has 148 valence electrons. The van der Waals surface area contributed by atoms with Gasteiger partial charge in [-0.1, -0.05) is 12.2 Å². The summed E-state index contributed by atoms with van der Waals surface area (Å²) in [5.41, 5.74) is 3.45. The summed E-state index contributed by atoms with van der Waals surface area (Å²) in [5.74, 6) is -0.116. The molecule has 0 radical (unpaired) electrons. The molecule has 2 aromatic heterocycles. The van der Waals surface area contributed by atoms with Gasteiger partial charge in [0, 0.05) is 36.0 Å². The summed E-state index contributed by atoms with van der Waals surface area (Å²) in [4.78, 5) is 16.6. The van der Waals surface area contributed by atoms with Gasteiger partial charge in [-0.3, -0.25) is 14.5 Å². The fourth-order valence-electron chi connectivity index (χ4n) is 3.56. The van der Waals surface area contributed by atoms with Crippen LogP contribution >= 0.6 is 0 Å². The Morgan fingerprint density at radius 2 is 2.03 bits per heavy atom. The number of benzene rings is 1. The van der Waals surface area contributed by atoms with Crippen LogP contribution in [0.5, 0.6) is 0 Å². The second-order valence-corrected chi connectivity index (χ2v) is 7.16. The van der Waals surface area contributed by atoms with E-state index in [4.69, 9.17) is 5.10 Å². The Labute approximate surface area is 169 Å². The van der Waals surface area contributed by atoms with E-state index in [2.05, 4.69) is 22.5 Å². The van der Waals surface area contributed by atoms with E-state index in [-0.39, 0.29) is 17.6 Å². The molecule has 1 aliphatic rings. The van der Waals surface area contributed by atoms with Crippen molar-refractivity contribution in [2.45, 2.75) is 25.8 Å². The molecule has 1 atom stereocenters. The molecule has 3 aromatic rings. The van der Waals surface area contributed by atoms with Crippen molar-refractivity contribution in [1.29, 1.82) is 0 Å². The van der Waals surface area contributed by atoms with E-state index in [0.717, 1.165) is 41.8 Å². The summed E-state index contributed by atoms with van der Waals surface area (Å²) < 4.78 is 15.1. The predicted molar refractivity (Wildman–Crippen MR) is 110 cm³/mol. The van der Waals surface area contributed by atoms with Crippen molar-refractivity contribution in [3.63, 3.8) is 0 Å². The number of carbonyl (C=O) groups is 1. The van der Waals surface area contributed by atoms with Gasteiger partial charge in [-0.05, 0) is 61.7 Å². The molecule has 0 spiro atoms. The minimum Gasteiger partial charge on any atom is -0.354 e. The topological polar surface area (TPSA) is 59.8 Å². The van der Waals surface area contributed by atoms with Crippen molar-refractivity contribution in [1.82, 2.24) is 20.1 Å². The molecule has 0 unspecified atom stereocenters. The first kappa shape index (κ1) is 19.1. The molecular weight excluding hydrogens is 367 g/mol. The molecule has 2 heterocycles. The predicted octanol–water partition coefficient (Wildman–Crippen LogP) is 4.22. The zero-order chi connectivity index (χ0) is 20.1. The van der Waals surface area contributed by atoms with Gasteiger partial charge in [-0.25, -0.2) is 4.39 Å². The monoisotopic (exact) mass is 390 g/mol. The third-order valence-electron chi connectivity index (χ3n) is 5.14. The van der Waals surface area contributed by atoms with Crippen LogP contribution in [0.1, 0.15) is 19.3 Å². The van der Waals surface area contributed by atoms with E-state index in [1.165, 1.54) is 12.1 Å². The van der Waals surface area contributed by atoms with Crippen LogP contribution in [0.3, 0.4) is 0 Å². The molecule has 0 saturated carbocycles. The Hall–Kier alpha value is -3.28. The fourth-order valence-corrected chi connectivity index (χ4v) is 3.56. The second-order valence-electron chi connectivity index (χ2n) is 7.16. The maximum atomic E-state index is 13.3. The first-order valence-corrected chi connectivity index (χ1v) is 9.87. The average Bonchev–Trinajstić information content (AvgIpc) is 3.19. The van der Waals surface area contributed by atoms with Crippen LogP contribution in [0, 0.1) is 11.7 Å². The smallest absolute Gasteiger partial charge is 0.223 e. The lowest BCUT2D eigenvalue weighted by Gasteiger charge is -2.17. The van der Waals surface area contributed by atoms with Crippen LogP contribution in [0.25, 0.3) is 22.5 Å². The summed E-state index contributed by atoms with van der Waals surface area (Å²) in [6, 6.07) is 12.1. The van der Waals surface area contributed by atoms with Gasteiger partial charge in [0.05, 0.1) is 17.9 Å². The van der Waals surface area contributed by atoms with Crippen molar-refractivity contribution >= 4 is 5.91 Å². The summed E-state index contributed by atoms with van der Waals surface area (Å²) in [7, 11) is 0. The molecule has 29 heavy (non-hydrogen) atoms. The van der Waals surface area contributed by atoms with Gasteiger partial charge in [-0.15, -0.1) is 0 Å².